The van der Waals surface area contributed by atoms with Crippen LogP contribution in [0.2, 0.25) is 0 Å². The van der Waals surface area contributed by atoms with E-state index in [1.807, 2.05) is 18.5 Å². The number of nitrogens with two attached hydrogens (primary N) is 1. The number of anilines is 1. The summed E-state index contributed by atoms with van der Waals surface area (Å²) in [5.41, 5.74) is 11.0. The van der Waals surface area contributed by atoms with Gasteiger partial charge < -0.3 is 5.73 Å². The maximum atomic E-state index is 5.89. The van der Waals surface area contributed by atoms with Crippen molar-refractivity contribution in [2.24, 2.45) is 0 Å². The molecule has 3 heteroatoms. The van der Waals surface area contributed by atoms with Crippen LogP contribution < -0.4 is 5.73 Å². The van der Waals surface area contributed by atoms with Crippen molar-refractivity contribution >= 4 is 5.69 Å². The summed E-state index contributed by atoms with van der Waals surface area (Å²) >= 11 is 0. The van der Waals surface area contributed by atoms with Gasteiger partial charge in [0, 0.05) is 30.7 Å². The predicted octanol–water partition coefficient (Wildman–Crippen LogP) is 3.17. The number of benzene rings is 1. The third kappa shape index (κ3) is 2.54. The monoisotopic (exact) mass is 267 g/mol. The number of rotatable bonds is 4. The normalized spacial score (nSPS) is 17.4. The van der Waals surface area contributed by atoms with Crippen molar-refractivity contribution in [2.45, 2.75) is 32.4 Å². The van der Waals surface area contributed by atoms with Crippen LogP contribution in [0.4, 0.5) is 5.69 Å². The standard InChI is InChI=1S/C17H21N3/c1-2-20(12-13-7-9-19-10-8-13)17-6-3-14-11-15(18)4-5-16(14)17/h4-5,7-11,17H,2-3,6,12,18H2,1H3. The number of fused-ring (bicyclic) bond motifs is 1. The molecular weight excluding hydrogens is 246 g/mol. The Balaban J connectivity index is 1.82. The fourth-order valence-electron chi connectivity index (χ4n) is 3.16. The highest BCUT2D eigenvalue weighted by Crippen LogP contribution is 2.37. The largest absolute Gasteiger partial charge is 0.399 e. The molecule has 1 aromatic heterocycles. The van der Waals surface area contributed by atoms with Crippen LogP contribution >= 0.6 is 0 Å². The van der Waals surface area contributed by atoms with Gasteiger partial charge in [-0.2, -0.15) is 0 Å². The van der Waals surface area contributed by atoms with E-state index in [0.717, 1.165) is 25.2 Å². The molecule has 20 heavy (non-hydrogen) atoms. The Labute approximate surface area is 120 Å². The molecule has 0 fully saturated rings. The van der Waals surface area contributed by atoms with Gasteiger partial charge in [-0.25, -0.2) is 0 Å². The van der Waals surface area contributed by atoms with Gasteiger partial charge in [0.05, 0.1) is 0 Å². The molecule has 1 atom stereocenters. The SMILES string of the molecule is CCN(Cc1ccncc1)C1CCc2cc(N)ccc21. The maximum absolute atomic E-state index is 5.89. The molecule has 3 rings (SSSR count). The highest BCUT2D eigenvalue weighted by molar-refractivity contribution is 5.47. The molecule has 1 aliphatic rings. The molecule has 0 aliphatic heterocycles. The molecule has 104 valence electrons. The Kier molecular flexibility index (Phi) is 3.70. The van der Waals surface area contributed by atoms with Gasteiger partial charge in [-0.1, -0.05) is 13.0 Å². The van der Waals surface area contributed by atoms with Gasteiger partial charge in [0.15, 0.2) is 0 Å². The van der Waals surface area contributed by atoms with Crippen molar-refractivity contribution in [3.8, 4) is 0 Å². The molecule has 1 aromatic carbocycles. The van der Waals surface area contributed by atoms with Gasteiger partial charge in [-0.05, 0) is 60.3 Å². The van der Waals surface area contributed by atoms with Crippen LogP contribution in [0.25, 0.3) is 0 Å². The molecule has 1 unspecified atom stereocenters. The summed E-state index contributed by atoms with van der Waals surface area (Å²) in [4.78, 5) is 6.63. The highest BCUT2D eigenvalue weighted by Gasteiger charge is 2.27. The molecular formula is C17H21N3. The van der Waals surface area contributed by atoms with Crippen molar-refractivity contribution in [1.82, 2.24) is 9.88 Å². The maximum Gasteiger partial charge on any atom is 0.0357 e. The van der Waals surface area contributed by atoms with Crippen LogP contribution in [-0.2, 0) is 13.0 Å². The zero-order valence-electron chi connectivity index (χ0n) is 11.9. The Hall–Kier alpha value is -1.87. The summed E-state index contributed by atoms with van der Waals surface area (Å²) in [6, 6.07) is 11.1. The van der Waals surface area contributed by atoms with Crippen LogP contribution in [0, 0.1) is 0 Å². The first-order chi connectivity index (χ1) is 9.78. The van der Waals surface area contributed by atoms with Crippen LogP contribution in [-0.4, -0.2) is 16.4 Å². The van der Waals surface area contributed by atoms with E-state index in [2.05, 4.69) is 41.1 Å². The Morgan fingerprint density at radius 3 is 2.80 bits per heavy atom. The second-order valence-corrected chi connectivity index (χ2v) is 5.43. The topological polar surface area (TPSA) is 42.2 Å². The molecule has 0 spiro atoms. The molecule has 0 amide bonds. The second kappa shape index (κ2) is 5.63. The summed E-state index contributed by atoms with van der Waals surface area (Å²) in [6.45, 7) is 4.26. The summed E-state index contributed by atoms with van der Waals surface area (Å²) < 4.78 is 0. The van der Waals surface area contributed by atoms with Gasteiger partial charge in [0.1, 0.15) is 0 Å². The number of pyridine rings is 1. The van der Waals surface area contributed by atoms with E-state index in [9.17, 15) is 0 Å². The van der Waals surface area contributed by atoms with Gasteiger partial charge in [-0.15, -0.1) is 0 Å². The Morgan fingerprint density at radius 1 is 1.25 bits per heavy atom. The number of aromatic nitrogens is 1. The zero-order valence-corrected chi connectivity index (χ0v) is 11.9. The summed E-state index contributed by atoms with van der Waals surface area (Å²) in [5.74, 6) is 0. The van der Waals surface area contributed by atoms with Crippen molar-refractivity contribution in [3.63, 3.8) is 0 Å². The van der Waals surface area contributed by atoms with E-state index in [-0.39, 0.29) is 0 Å². The molecule has 3 nitrogen and oxygen atoms in total. The Bertz CT molecular complexity index is 580. The van der Waals surface area contributed by atoms with Crippen molar-refractivity contribution in [3.05, 3.63) is 59.4 Å². The first-order valence-electron chi connectivity index (χ1n) is 7.29. The molecule has 2 N–H and O–H groups in total. The number of nitrogen functional groups attached to an aromatic ring is 1. The average Bonchev–Trinajstić information content (AvgIpc) is 2.88. The molecule has 0 saturated heterocycles. The number of aryl methyl sites for hydroxylation is 1. The van der Waals surface area contributed by atoms with Crippen LogP contribution in [0.5, 0.6) is 0 Å². The lowest BCUT2D eigenvalue weighted by Gasteiger charge is -2.28. The van der Waals surface area contributed by atoms with Crippen molar-refractivity contribution < 1.29 is 0 Å². The summed E-state index contributed by atoms with van der Waals surface area (Å²) in [5, 5.41) is 0. The lowest BCUT2D eigenvalue weighted by molar-refractivity contribution is 0.198. The number of hydrogen-bond donors (Lipinski definition) is 1. The third-order valence-electron chi connectivity index (χ3n) is 4.20. The first-order valence-corrected chi connectivity index (χ1v) is 7.29. The van der Waals surface area contributed by atoms with Crippen LogP contribution in [0.1, 0.15) is 36.1 Å². The summed E-state index contributed by atoms with van der Waals surface area (Å²) in [7, 11) is 0. The molecule has 0 saturated carbocycles. The number of nitrogens with zero attached hydrogens (tertiary/aromatic N) is 2. The smallest absolute Gasteiger partial charge is 0.0357 e. The van der Waals surface area contributed by atoms with Gasteiger partial charge in [-0.3, -0.25) is 9.88 Å². The quantitative estimate of drug-likeness (QED) is 0.865. The van der Waals surface area contributed by atoms with Crippen molar-refractivity contribution in [2.75, 3.05) is 12.3 Å². The first kappa shape index (κ1) is 13.1. The molecule has 1 heterocycles. The van der Waals surface area contributed by atoms with E-state index in [1.165, 1.54) is 23.1 Å². The van der Waals surface area contributed by atoms with Gasteiger partial charge >= 0.3 is 0 Å². The highest BCUT2D eigenvalue weighted by atomic mass is 15.2. The molecule has 0 bridgehead atoms. The lowest BCUT2D eigenvalue weighted by Crippen LogP contribution is -2.26. The fraction of sp³-hybridized carbons (Fsp3) is 0.353. The van der Waals surface area contributed by atoms with E-state index < -0.39 is 0 Å². The van der Waals surface area contributed by atoms with E-state index in [0.29, 0.717) is 6.04 Å². The molecule has 0 radical (unpaired) electrons. The minimum atomic E-state index is 0.517. The Morgan fingerprint density at radius 2 is 2.05 bits per heavy atom. The third-order valence-corrected chi connectivity index (χ3v) is 4.20. The van der Waals surface area contributed by atoms with E-state index >= 15 is 0 Å². The van der Waals surface area contributed by atoms with E-state index in [4.69, 9.17) is 5.73 Å². The zero-order chi connectivity index (χ0) is 13.9. The number of hydrogen-bond acceptors (Lipinski definition) is 3. The van der Waals surface area contributed by atoms with Crippen molar-refractivity contribution in [1.29, 1.82) is 0 Å². The lowest BCUT2D eigenvalue weighted by atomic mass is 10.1. The molecule has 2 aromatic rings. The average molecular weight is 267 g/mol. The second-order valence-electron chi connectivity index (χ2n) is 5.43. The van der Waals surface area contributed by atoms with E-state index in [1.54, 1.807) is 0 Å². The van der Waals surface area contributed by atoms with Gasteiger partial charge in [0.25, 0.3) is 0 Å². The fourth-order valence-corrected chi connectivity index (χ4v) is 3.16. The minimum Gasteiger partial charge on any atom is -0.399 e. The summed E-state index contributed by atoms with van der Waals surface area (Å²) in [6.07, 6.45) is 6.06. The van der Waals surface area contributed by atoms with Gasteiger partial charge in [0.2, 0.25) is 0 Å². The predicted molar refractivity (Wildman–Crippen MR) is 82.2 cm³/mol. The van der Waals surface area contributed by atoms with Crippen LogP contribution in [0.3, 0.4) is 0 Å². The van der Waals surface area contributed by atoms with Crippen LogP contribution in [0.15, 0.2) is 42.7 Å². The minimum absolute atomic E-state index is 0.517. The molecule has 1 aliphatic carbocycles.